The van der Waals surface area contributed by atoms with E-state index in [1.165, 1.54) is 0 Å². The number of halogens is 1. The quantitative estimate of drug-likeness (QED) is 0.857. The monoisotopic (exact) mass is 355 g/mol. The molecule has 94 valence electrons. The number of nitrogens with zero attached hydrogens (tertiary/aromatic N) is 2. The molecule has 0 unspecified atom stereocenters. The molecule has 0 aromatic carbocycles. The van der Waals surface area contributed by atoms with E-state index in [1.807, 2.05) is 18.2 Å². The van der Waals surface area contributed by atoms with Crippen molar-refractivity contribution in [2.75, 3.05) is 0 Å². The summed E-state index contributed by atoms with van der Waals surface area (Å²) in [7, 11) is 0. The van der Waals surface area contributed by atoms with Gasteiger partial charge in [-0.2, -0.15) is 0 Å². The minimum absolute atomic E-state index is 0.0556. The van der Waals surface area contributed by atoms with Crippen molar-refractivity contribution in [3.63, 3.8) is 0 Å². The molecular weight excluding hydrogens is 341 g/mol. The van der Waals surface area contributed by atoms with Crippen molar-refractivity contribution in [3.05, 3.63) is 55.5 Å². The topological polar surface area (TPSA) is 58.6 Å². The maximum absolute atomic E-state index is 11.8. The summed E-state index contributed by atoms with van der Waals surface area (Å²) in [5.41, 5.74) is 1.73. The van der Waals surface area contributed by atoms with Crippen LogP contribution < -0.4 is 5.56 Å². The number of aromatic nitrogens is 3. The number of nitrogens with one attached hydrogen (secondary N) is 1. The second-order valence-corrected chi connectivity index (χ2v) is 5.10. The summed E-state index contributed by atoms with van der Waals surface area (Å²) in [5, 5.41) is 0. The molecule has 2 aromatic rings. The van der Waals surface area contributed by atoms with Gasteiger partial charge < -0.3 is 4.98 Å². The van der Waals surface area contributed by atoms with Crippen molar-refractivity contribution < 1.29 is 0 Å². The van der Waals surface area contributed by atoms with Crippen molar-refractivity contribution in [3.8, 4) is 0 Å². The highest BCUT2D eigenvalue weighted by Crippen LogP contribution is 2.09. The van der Waals surface area contributed by atoms with Gasteiger partial charge in [-0.25, -0.2) is 4.98 Å². The Morgan fingerprint density at radius 2 is 2.22 bits per heavy atom. The molecule has 2 aromatic heterocycles. The Kier molecular flexibility index (Phi) is 4.46. The van der Waals surface area contributed by atoms with Crippen LogP contribution in [0.2, 0.25) is 0 Å². The van der Waals surface area contributed by atoms with E-state index in [9.17, 15) is 4.79 Å². The minimum Gasteiger partial charge on any atom is -0.309 e. The third kappa shape index (κ3) is 3.16. The van der Waals surface area contributed by atoms with Crippen molar-refractivity contribution in [1.29, 1.82) is 0 Å². The molecule has 0 aliphatic rings. The molecule has 0 radical (unpaired) electrons. The zero-order chi connectivity index (χ0) is 13.0. The van der Waals surface area contributed by atoms with Crippen molar-refractivity contribution in [2.24, 2.45) is 0 Å². The van der Waals surface area contributed by atoms with Gasteiger partial charge in [-0.15, -0.1) is 0 Å². The van der Waals surface area contributed by atoms with Gasteiger partial charge in [0.15, 0.2) is 0 Å². The standard InChI is InChI=1S/C13H14IN3O/c1-2-5-10-12(14)13(18)17-11(16-10)8-9-6-3-4-7-15-9/h3-4,6-7H,2,5,8H2,1H3,(H,16,17,18). The number of aromatic amines is 1. The first-order chi connectivity index (χ1) is 8.70. The Hall–Kier alpha value is -1.24. The van der Waals surface area contributed by atoms with Gasteiger partial charge in [0.2, 0.25) is 0 Å². The van der Waals surface area contributed by atoms with E-state index in [0.717, 1.165) is 24.2 Å². The van der Waals surface area contributed by atoms with Gasteiger partial charge >= 0.3 is 0 Å². The molecule has 0 saturated heterocycles. The highest BCUT2D eigenvalue weighted by Gasteiger charge is 2.08. The summed E-state index contributed by atoms with van der Waals surface area (Å²) in [6.07, 6.45) is 4.11. The minimum atomic E-state index is -0.0556. The van der Waals surface area contributed by atoms with E-state index in [0.29, 0.717) is 15.8 Å². The van der Waals surface area contributed by atoms with E-state index in [-0.39, 0.29) is 5.56 Å². The van der Waals surface area contributed by atoms with Crippen molar-refractivity contribution in [2.45, 2.75) is 26.2 Å². The lowest BCUT2D eigenvalue weighted by Gasteiger charge is -2.05. The largest absolute Gasteiger partial charge is 0.309 e. The third-order valence-electron chi connectivity index (χ3n) is 2.54. The molecule has 2 heterocycles. The van der Waals surface area contributed by atoms with Crippen LogP contribution in [0, 0.1) is 3.57 Å². The van der Waals surface area contributed by atoms with Gasteiger partial charge in [0.25, 0.3) is 5.56 Å². The molecule has 18 heavy (non-hydrogen) atoms. The fourth-order valence-electron chi connectivity index (χ4n) is 1.72. The Balaban J connectivity index is 2.32. The SMILES string of the molecule is CCCc1nc(Cc2ccccn2)[nH]c(=O)c1I. The molecule has 4 nitrogen and oxygen atoms in total. The molecule has 5 heteroatoms. The van der Waals surface area contributed by atoms with E-state index >= 15 is 0 Å². The number of aryl methyl sites for hydroxylation is 1. The maximum Gasteiger partial charge on any atom is 0.264 e. The fraction of sp³-hybridized carbons (Fsp3) is 0.308. The lowest BCUT2D eigenvalue weighted by Crippen LogP contribution is -2.18. The van der Waals surface area contributed by atoms with Crippen molar-refractivity contribution in [1.82, 2.24) is 15.0 Å². The van der Waals surface area contributed by atoms with Crippen LogP contribution in [-0.4, -0.2) is 15.0 Å². The average molecular weight is 355 g/mol. The summed E-state index contributed by atoms with van der Waals surface area (Å²) in [4.78, 5) is 23.4. The fourth-order valence-corrected chi connectivity index (χ4v) is 2.24. The summed E-state index contributed by atoms with van der Waals surface area (Å²) in [6, 6.07) is 5.73. The smallest absolute Gasteiger partial charge is 0.264 e. The lowest BCUT2D eigenvalue weighted by atomic mass is 10.2. The maximum atomic E-state index is 11.8. The van der Waals surface area contributed by atoms with E-state index in [4.69, 9.17) is 0 Å². The van der Waals surface area contributed by atoms with Crippen LogP contribution in [0.4, 0.5) is 0 Å². The Morgan fingerprint density at radius 3 is 2.89 bits per heavy atom. The van der Waals surface area contributed by atoms with Crippen LogP contribution in [0.15, 0.2) is 29.2 Å². The first-order valence-electron chi connectivity index (χ1n) is 5.88. The first-order valence-corrected chi connectivity index (χ1v) is 6.96. The molecule has 2 rings (SSSR count). The van der Waals surface area contributed by atoms with Gasteiger partial charge in [-0.1, -0.05) is 19.4 Å². The Morgan fingerprint density at radius 1 is 1.39 bits per heavy atom. The number of rotatable bonds is 4. The van der Waals surface area contributed by atoms with Crippen LogP contribution in [0.25, 0.3) is 0 Å². The summed E-state index contributed by atoms with van der Waals surface area (Å²) < 4.78 is 0.694. The average Bonchev–Trinajstić information content (AvgIpc) is 2.37. The molecule has 0 saturated carbocycles. The van der Waals surface area contributed by atoms with Gasteiger partial charge in [0.1, 0.15) is 5.82 Å². The molecule has 0 aliphatic carbocycles. The van der Waals surface area contributed by atoms with Crippen LogP contribution in [0.3, 0.4) is 0 Å². The Labute approximate surface area is 119 Å². The molecule has 0 aliphatic heterocycles. The predicted molar refractivity (Wildman–Crippen MR) is 78.6 cm³/mol. The third-order valence-corrected chi connectivity index (χ3v) is 3.65. The van der Waals surface area contributed by atoms with Crippen LogP contribution >= 0.6 is 22.6 Å². The summed E-state index contributed by atoms with van der Waals surface area (Å²) >= 11 is 2.05. The van der Waals surface area contributed by atoms with Gasteiger partial charge in [0.05, 0.1) is 9.26 Å². The molecule has 0 spiro atoms. The Bertz CT molecular complexity index is 581. The molecule has 0 fully saturated rings. The number of hydrogen-bond acceptors (Lipinski definition) is 3. The zero-order valence-electron chi connectivity index (χ0n) is 10.1. The van der Waals surface area contributed by atoms with Crippen LogP contribution in [-0.2, 0) is 12.8 Å². The summed E-state index contributed by atoms with van der Waals surface area (Å²) in [6.45, 7) is 2.08. The molecular formula is C13H14IN3O. The summed E-state index contributed by atoms with van der Waals surface area (Å²) in [5.74, 6) is 0.683. The highest BCUT2D eigenvalue weighted by molar-refractivity contribution is 14.1. The van der Waals surface area contributed by atoms with E-state index < -0.39 is 0 Å². The molecule has 1 N–H and O–H groups in total. The predicted octanol–water partition coefficient (Wildman–Crippen LogP) is 2.31. The van der Waals surface area contributed by atoms with Gasteiger partial charge in [-0.05, 0) is 41.1 Å². The first kappa shape index (κ1) is 13.2. The molecule has 0 atom stereocenters. The lowest BCUT2D eigenvalue weighted by molar-refractivity contribution is 0.816. The zero-order valence-corrected chi connectivity index (χ0v) is 12.3. The van der Waals surface area contributed by atoms with Crippen LogP contribution in [0.5, 0.6) is 0 Å². The molecule has 0 bridgehead atoms. The number of hydrogen-bond donors (Lipinski definition) is 1. The van der Waals surface area contributed by atoms with Crippen LogP contribution in [0.1, 0.15) is 30.6 Å². The van der Waals surface area contributed by atoms with E-state index in [2.05, 4.69) is 44.5 Å². The van der Waals surface area contributed by atoms with E-state index in [1.54, 1.807) is 6.20 Å². The normalized spacial score (nSPS) is 10.6. The highest BCUT2D eigenvalue weighted by atomic mass is 127. The second-order valence-electron chi connectivity index (χ2n) is 4.02. The van der Waals surface area contributed by atoms with Gasteiger partial charge in [-0.3, -0.25) is 9.78 Å². The molecule has 0 amide bonds. The second kappa shape index (κ2) is 6.08. The number of H-pyrrole nitrogens is 1. The number of pyridine rings is 1. The van der Waals surface area contributed by atoms with Crippen molar-refractivity contribution >= 4 is 22.6 Å². The van der Waals surface area contributed by atoms with Gasteiger partial charge in [0, 0.05) is 18.3 Å².